The van der Waals surface area contributed by atoms with Gasteiger partial charge in [-0.3, -0.25) is 0 Å². The maximum Gasteiger partial charge on any atom is 0.0503 e. The van der Waals surface area contributed by atoms with Crippen molar-refractivity contribution in [3.05, 3.63) is 202 Å². The lowest BCUT2D eigenvalue weighted by molar-refractivity contribution is 0.631. The third kappa shape index (κ3) is 4.94. The Hall–Kier alpha value is -6.12. The van der Waals surface area contributed by atoms with Crippen molar-refractivity contribution < 1.29 is 0 Å². The van der Waals surface area contributed by atoms with Gasteiger partial charge in [0, 0.05) is 27.6 Å². The summed E-state index contributed by atoms with van der Waals surface area (Å²) in [5.41, 5.74) is 20.2. The summed E-state index contributed by atoms with van der Waals surface area (Å²) in [6.07, 6.45) is 4.57. The highest BCUT2D eigenvalue weighted by atomic mass is 15.2. The van der Waals surface area contributed by atoms with Crippen LogP contribution < -0.4 is 9.80 Å². The van der Waals surface area contributed by atoms with E-state index in [0.717, 1.165) is 0 Å². The van der Waals surface area contributed by atoms with Gasteiger partial charge in [-0.1, -0.05) is 151 Å². The average molecular weight is 711 g/mol. The van der Waals surface area contributed by atoms with Crippen LogP contribution in [0.5, 0.6) is 0 Å². The van der Waals surface area contributed by atoms with Crippen molar-refractivity contribution >= 4 is 46.3 Å². The molecule has 0 radical (unpaired) electrons. The van der Waals surface area contributed by atoms with Crippen molar-refractivity contribution in [2.45, 2.75) is 57.8 Å². The van der Waals surface area contributed by atoms with E-state index in [9.17, 15) is 0 Å². The van der Waals surface area contributed by atoms with Crippen LogP contribution in [0.3, 0.4) is 0 Å². The molecule has 1 aliphatic carbocycles. The standard InChI is InChI=1S/C53H46N2/c1-51(2)41-19-11-10-18-39(41)40-29-28-38(34-44(40)51)55-48-23-15-13-21-43(48)53(5,6)46-33-36(27-31-50(46)55)25-24-35-26-30-49-45(32-35)52(3,4)42-20-12-14-22-47(42)54(49)37-16-8-7-9-17-37/h7-34H,1-6H3/b25-24+. The molecule has 268 valence electrons. The summed E-state index contributed by atoms with van der Waals surface area (Å²) in [7, 11) is 0. The van der Waals surface area contributed by atoms with Crippen LogP contribution in [0.15, 0.2) is 158 Å². The van der Waals surface area contributed by atoms with Crippen molar-refractivity contribution in [3.8, 4) is 11.1 Å². The lowest BCUT2D eigenvalue weighted by Crippen LogP contribution is -2.30. The Morgan fingerprint density at radius 3 is 1.35 bits per heavy atom. The highest BCUT2D eigenvalue weighted by molar-refractivity contribution is 5.91. The van der Waals surface area contributed by atoms with E-state index >= 15 is 0 Å². The van der Waals surface area contributed by atoms with Gasteiger partial charge in [0.25, 0.3) is 0 Å². The van der Waals surface area contributed by atoms with E-state index in [1.165, 1.54) is 89.8 Å². The summed E-state index contributed by atoms with van der Waals surface area (Å²) < 4.78 is 0. The first-order chi connectivity index (χ1) is 26.5. The van der Waals surface area contributed by atoms with Crippen LogP contribution >= 0.6 is 0 Å². The van der Waals surface area contributed by atoms with E-state index in [1.807, 2.05) is 0 Å². The maximum atomic E-state index is 2.49. The van der Waals surface area contributed by atoms with Gasteiger partial charge in [0.1, 0.15) is 0 Å². The molecule has 10 rings (SSSR count). The number of hydrogen-bond acceptors (Lipinski definition) is 2. The van der Waals surface area contributed by atoms with Crippen molar-refractivity contribution in [2.24, 2.45) is 0 Å². The molecular formula is C53H46N2. The Labute approximate surface area is 326 Å². The Balaban J connectivity index is 1.04. The molecule has 0 amide bonds. The summed E-state index contributed by atoms with van der Waals surface area (Å²) in [6, 6.07) is 58.6. The summed E-state index contributed by atoms with van der Waals surface area (Å²) in [4.78, 5) is 4.91. The monoisotopic (exact) mass is 710 g/mol. The molecule has 0 saturated heterocycles. The molecule has 0 fully saturated rings. The van der Waals surface area contributed by atoms with Gasteiger partial charge in [-0.15, -0.1) is 0 Å². The molecule has 0 unspecified atom stereocenters. The van der Waals surface area contributed by atoms with E-state index in [1.54, 1.807) is 0 Å². The number of hydrogen-bond donors (Lipinski definition) is 0. The molecule has 0 bridgehead atoms. The Bertz CT molecular complexity index is 2690. The number of fused-ring (bicyclic) bond motifs is 7. The number of benzene rings is 7. The second-order valence-electron chi connectivity index (χ2n) is 17.1. The molecule has 2 heteroatoms. The van der Waals surface area contributed by atoms with Crippen LogP contribution in [0.25, 0.3) is 23.3 Å². The minimum absolute atomic E-state index is 0.0664. The molecule has 0 atom stereocenters. The molecule has 0 aromatic heterocycles. The lowest BCUT2D eigenvalue weighted by atomic mass is 9.73. The first kappa shape index (κ1) is 33.4. The normalized spacial score (nSPS) is 16.5. The Kier molecular flexibility index (Phi) is 7.26. The van der Waals surface area contributed by atoms with Gasteiger partial charge < -0.3 is 9.80 Å². The first-order valence-corrected chi connectivity index (χ1v) is 19.6. The molecule has 0 N–H and O–H groups in total. The molecule has 7 aromatic carbocycles. The van der Waals surface area contributed by atoms with Gasteiger partial charge in [-0.25, -0.2) is 0 Å². The SMILES string of the molecule is CC1(C)c2ccccc2-c2ccc(N3c4ccccc4C(C)(C)c4cc(/C=C/c5ccc6c(c5)C(C)(C)c5ccccc5N6c5ccccc5)ccc43)cc21. The molecular weight excluding hydrogens is 665 g/mol. The fourth-order valence-corrected chi connectivity index (χ4v) is 9.81. The number of rotatable bonds is 4. The highest BCUT2D eigenvalue weighted by Gasteiger charge is 2.40. The molecule has 2 nitrogen and oxygen atoms in total. The van der Waals surface area contributed by atoms with Gasteiger partial charge in [-0.05, 0) is 116 Å². The molecule has 0 spiro atoms. The zero-order valence-corrected chi connectivity index (χ0v) is 32.6. The molecule has 2 heterocycles. The molecule has 55 heavy (non-hydrogen) atoms. The molecule has 7 aromatic rings. The smallest absolute Gasteiger partial charge is 0.0503 e. The molecule has 3 aliphatic rings. The average Bonchev–Trinajstić information content (AvgIpc) is 3.43. The van der Waals surface area contributed by atoms with E-state index in [-0.39, 0.29) is 16.2 Å². The fourth-order valence-electron chi connectivity index (χ4n) is 9.81. The number of anilines is 6. The van der Waals surface area contributed by atoms with Gasteiger partial charge >= 0.3 is 0 Å². The van der Waals surface area contributed by atoms with Crippen LogP contribution in [0.2, 0.25) is 0 Å². The Morgan fingerprint density at radius 1 is 0.327 bits per heavy atom. The van der Waals surface area contributed by atoms with Gasteiger partial charge in [-0.2, -0.15) is 0 Å². The van der Waals surface area contributed by atoms with Crippen molar-refractivity contribution in [3.63, 3.8) is 0 Å². The second-order valence-corrected chi connectivity index (χ2v) is 17.1. The largest absolute Gasteiger partial charge is 0.310 e. The summed E-state index contributed by atoms with van der Waals surface area (Å²) in [5, 5.41) is 0. The van der Waals surface area contributed by atoms with Gasteiger partial charge in [0.15, 0.2) is 0 Å². The molecule has 0 saturated carbocycles. The van der Waals surface area contributed by atoms with E-state index in [0.29, 0.717) is 0 Å². The lowest BCUT2D eigenvalue weighted by Gasteiger charge is -2.42. The Morgan fingerprint density at radius 2 is 0.764 bits per heavy atom. The first-order valence-electron chi connectivity index (χ1n) is 19.6. The topological polar surface area (TPSA) is 6.48 Å². The van der Waals surface area contributed by atoms with Crippen molar-refractivity contribution in [2.75, 3.05) is 9.80 Å². The van der Waals surface area contributed by atoms with Crippen LogP contribution in [-0.4, -0.2) is 0 Å². The van der Waals surface area contributed by atoms with E-state index < -0.39 is 0 Å². The number of para-hydroxylation sites is 3. The van der Waals surface area contributed by atoms with Crippen molar-refractivity contribution in [1.82, 2.24) is 0 Å². The summed E-state index contributed by atoms with van der Waals surface area (Å²) in [6.45, 7) is 14.2. The minimum Gasteiger partial charge on any atom is -0.310 e. The third-order valence-corrected chi connectivity index (χ3v) is 12.8. The van der Waals surface area contributed by atoms with Gasteiger partial charge in [0.2, 0.25) is 0 Å². The highest BCUT2D eigenvalue weighted by Crippen LogP contribution is 2.55. The predicted octanol–water partition coefficient (Wildman–Crippen LogP) is 14.4. The quantitative estimate of drug-likeness (QED) is 0.168. The van der Waals surface area contributed by atoms with E-state index in [4.69, 9.17) is 0 Å². The second kappa shape index (κ2) is 11.9. The van der Waals surface area contributed by atoms with Crippen LogP contribution in [0.4, 0.5) is 34.1 Å². The zero-order chi connectivity index (χ0) is 37.7. The summed E-state index contributed by atoms with van der Waals surface area (Å²) in [5.74, 6) is 0. The third-order valence-electron chi connectivity index (χ3n) is 12.8. The van der Waals surface area contributed by atoms with Crippen LogP contribution in [0, 0.1) is 0 Å². The minimum atomic E-state index is -0.178. The van der Waals surface area contributed by atoms with Crippen LogP contribution in [-0.2, 0) is 16.2 Å². The maximum absolute atomic E-state index is 2.49. The number of nitrogens with zero attached hydrogens (tertiary/aromatic N) is 2. The van der Waals surface area contributed by atoms with Crippen LogP contribution in [0.1, 0.15) is 86.1 Å². The predicted molar refractivity (Wildman–Crippen MR) is 233 cm³/mol. The zero-order valence-electron chi connectivity index (χ0n) is 32.6. The van der Waals surface area contributed by atoms with Gasteiger partial charge in [0.05, 0.1) is 22.7 Å². The fraction of sp³-hybridized carbons (Fsp3) is 0.170. The summed E-state index contributed by atoms with van der Waals surface area (Å²) >= 11 is 0. The van der Waals surface area contributed by atoms with E-state index in [2.05, 4.69) is 221 Å². The molecule has 2 aliphatic heterocycles. The van der Waals surface area contributed by atoms with Crippen molar-refractivity contribution in [1.29, 1.82) is 0 Å².